The maximum atomic E-state index is 12.6. The lowest BCUT2D eigenvalue weighted by molar-refractivity contribution is -0.125. The van der Waals surface area contributed by atoms with Crippen LogP contribution in [0.5, 0.6) is 0 Å². The molecule has 1 saturated carbocycles. The van der Waals surface area contributed by atoms with Crippen LogP contribution in [0, 0.1) is 18.8 Å². The highest BCUT2D eigenvalue weighted by Crippen LogP contribution is 2.40. The Morgan fingerprint density at radius 3 is 2.31 bits per heavy atom. The summed E-state index contributed by atoms with van der Waals surface area (Å²) >= 11 is 0. The van der Waals surface area contributed by atoms with Crippen LogP contribution in [0.4, 0.5) is 11.4 Å². The molecule has 3 unspecified atom stereocenters. The maximum absolute atomic E-state index is 12.6. The number of aryl methyl sites for hydroxylation is 1. The molecule has 0 aliphatic heterocycles. The molecule has 1 aliphatic carbocycles. The molecule has 0 aromatic heterocycles. The summed E-state index contributed by atoms with van der Waals surface area (Å²) in [6.45, 7) is 10.1. The van der Waals surface area contributed by atoms with Crippen LogP contribution in [0.3, 0.4) is 0 Å². The van der Waals surface area contributed by atoms with Crippen LogP contribution in [0.25, 0.3) is 0 Å². The van der Waals surface area contributed by atoms with Crippen LogP contribution < -0.4 is 15.5 Å². The lowest BCUT2D eigenvalue weighted by Gasteiger charge is -2.22. The quantitative estimate of drug-likeness (QED) is 0.703. The van der Waals surface area contributed by atoms with E-state index in [0.29, 0.717) is 6.42 Å². The first-order valence-electron chi connectivity index (χ1n) is 10.5. The van der Waals surface area contributed by atoms with Crippen LogP contribution in [0.2, 0.25) is 0 Å². The van der Waals surface area contributed by atoms with Gasteiger partial charge in [-0.05, 0) is 63.4 Å². The molecule has 2 aromatic carbocycles. The molecule has 0 saturated heterocycles. The molecule has 2 amide bonds. The van der Waals surface area contributed by atoms with Gasteiger partial charge >= 0.3 is 0 Å². The third-order valence-corrected chi connectivity index (χ3v) is 5.72. The van der Waals surface area contributed by atoms with Crippen molar-refractivity contribution in [3.63, 3.8) is 0 Å². The number of nitrogens with zero attached hydrogens (tertiary/aromatic N) is 1. The van der Waals surface area contributed by atoms with Gasteiger partial charge in [0.05, 0.1) is 17.9 Å². The Labute approximate surface area is 173 Å². The molecule has 2 N–H and O–H groups in total. The lowest BCUT2D eigenvalue weighted by atomic mass is 10.1. The Bertz CT molecular complexity index is 862. The smallest absolute Gasteiger partial charge is 0.228 e. The lowest BCUT2D eigenvalue weighted by Crippen LogP contribution is -2.30. The first-order chi connectivity index (χ1) is 13.9. The molecule has 1 fully saturated rings. The van der Waals surface area contributed by atoms with Crippen LogP contribution >= 0.6 is 0 Å². The van der Waals surface area contributed by atoms with Crippen LogP contribution in [-0.4, -0.2) is 24.9 Å². The van der Waals surface area contributed by atoms with E-state index >= 15 is 0 Å². The second-order valence-corrected chi connectivity index (χ2v) is 7.75. The van der Waals surface area contributed by atoms with Gasteiger partial charge in [-0.15, -0.1) is 0 Å². The van der Waals surface area contributed by atoms with Gasteiger partial charge in [-0.2, -0.15) is 0 Å². The molecule has 2 aromatic rings. The normalized spacial score (nSPS) is 18.6. The Hall–Kier alpha value is -2.82. The van der Waals surface area contributed by atoms with Crippen molar-refractivity contribution in [1.82, 2.24) is 5.32 Å². The molecular formula is C24H31N3O2. The number of nitrogens with one attached hydrogen (secondary N) is 2. The number of hydrogen-bond acceptors (Lipinski definition) is 3. The van der Waals surface area contributed by atoms with Crippen LogP contribution in [-0.2, 0) is 9.59 Å². The van der Waals surface area contributed by atoms with Gasteiger partial charge in [-0.1, -0.05) is 30.3 Å². The van der Waals surface area contributed by atoms with E-state index in [-0.39, 0.29) is 29.7 Å². The summed E-state index contributed by atoms with van der Waals surface area (Å²) in [6.07, 6.45) is 0.607. The first-order valence-corrected chi connectivity index (χ1v) is 10.5. The maximum Gasteiger partial charge on any atom is 0.228 e. The molecule has 1 aliphatic rings. The third kappa shape index (κ3) is 4.97. The van der Waals surface area contributed by atoms with E-state index in [4.69, 9.17) is 0 Å². The van der Waals surface area contributed by atoms with Gasteiger partial charge in [-0.25, -0.2) is 0 Å². The standard InChI is InChI=1S/C24H31N3O2/c1-5-27(6-2)19-12-13-22(16(3)14-19)26-24(29)21-15-20(21)23(28)25-17(4)18-10-8-7-9-11-18/h7-14,17,20-21H,5-6,15H2,1-4H3,(H,25,28)(H,26,29). The van der Waals surface area contributed by atoms with Gasteiger partial charge < -0.3 is 15.5 Å². The minimum absolute atomic E-state index is 0.0462. The van der Waals surface area contributed by atoms with Crippen molar-refractivity contribution >= 4 is 23.2 Å². The number of benzene rings is 2. The molecule has 154 valence electrons. The molecule has 0 heterocycles. The highest BCUT2D eigenvalue weighted by atomic mass is 16.2. The predicted octanol–water partition coefficient (Wildman–Crippen LogP) is 4.29. The van der Waals surface area contributed by atoms with E-state index in [2.05, 4.69) is 35.4 Å². The summed E-state index contributed by atoms with van der Waals surface area (Å²) in [5.74, 6) is -0.609. The number of hydrogen-bond donors (Lipinski definition) is 2. The molecular weight excluding hydrogens is 362 g/mol. The Kier molecular flexibility index (Phi) is 6.57. The van der Waals surface area contributed by atoms with Crippen molar-refractivity contribution in [2.75, 3.05) is 23.3 Å². The van der Waals surface area contributed by atoms with Gasteiger partial charge in [0, 0.05) is 24.5 Å². The molecule has 0 spiro atoms. The fourth-order valence-corrected chi connectivity index (χ4v) is 3.72. The summed E-state index contributed by atoms with van der Waals surface area (Å²) in [5, 5.41) is 6.03. The topological polar surface area (TPSA) is 61.4 Å². The van der Waals surface area contributed by atoms with Crippen molar-refractivity contribution in [3.8, 4) is 0 Å². The fraction of sp³-hybridized carbons (Fsp3) is 0.417. The third-order valence-electron chi connectivity index (χ3n) is 5.72. The van der Waals surface area contributed by atoms with Crippen molar-refractivity contribution in [2.24, 2.45) is 11.8 Å². The molecule has 0 radical (unpaired) electrons. The van der Waals surface area contributed by atoms with Gasteiger partial charge in [0.2, 0.25) is 11.8 Å². The monoisotopic (exact) mass is 393 g/mol. The number of rotatable bonds is 8. The van der Waals surface area contributed by atoms with Crippen molar-refractivity contribution in [1.29, 1.82) is 0 Å². The van der Waals surface area contributed by atoms with Crippen molar-refractivity contribution < 1.29 is 9.59 Å². The molecule has 3 atom stereocenters. The number of carbonyl (C=O) groups excluding carboxylic acids is 2. The zero-order valence-electron chi connectivity index (χ0n) is 17.7. The minimum Gasteiger partial charge on any atom is -0.372 e. The summed E-state index contributed by atoms with van der Waals surface area (Å²) in [5.41, 5.74) is 4.06. The second-order valence-electron chi connectivity index (χ2n) is 7.75. The molecule has 0 bridgehead atoms. The van der Waals surface area contributed by atoms with E-state index in [1.807, 2.05) is 56.3 Å². The summed E-state index contributed by atoms with van der Waals surface area (Å²) in [4.78, 5) is 27.4. The largest absolute Gasteiger partial charge is 0.372 e. The Balaban J connectivity index is 1.55. The van der Waals surface area contributed by atoms with E-state index in [9.17, 15) is 9.59 Å². The Morgan fingerprint density at radius 1 is 1.03 bits per heavy atom. The highest BCUT2D eigenvalue weighted by molar-refractivity contribution is 6.00. The first kappa shape index (κ1) is 20.9. The van der Waals surface area contributed by atoms with E-state index in [1.165, 1.54) is 0 Å². The number of anilines is 2. The highest BCUT2D eigenvalue weighted by Gasteiger charge is 2.48. The van der Waals surface area contributed by atoms with E-state index in [0.717, 1.165) is 35.6 Å². The van der Waals surface area contributed by atoms with Crippen molar-refractivity contribution in [3.05, 3.63) is 59.7 Å². The number of amides is 2. The van der Waals surface area contributed by atoms with Gasteiger partial charge in [0.1, 0.15) is 0 Å². The van der Waals surface area contributed by atoms with Crippen LogP contribution in [0.1, 0.15) is 44.4 Å². The average molecular weight is 394 g/mol. The van der Waals surface area contributed by atoms with Crippen molar-refractivity contribution in [2.45, 2.75) is 40.2 Å². The average Bonchev–Trinajstić information content (AvgIpc) is 3.52. The number of carbonyl (C=O) groups is 2. The Morgan fingerprint density at radius 2 is 1.69 bits per heavy atom. The molecule has 5 heteroatoms. The zero-order chi connectivity index (χ0) is 21.0. The SMILES string of the molecule is CCN(CC)c1ccc(NC(=O)C2CC2C(=O)NC(C)c2ccccc2)c(C)c1. The van der Waals surface area contributed by atoms with E-state index in [1.54, 1.807) is 0 Å². The summed E-state index contributed by atoms with van der Waals surface area (Å²) < 4.78 is 0. The van der Waals surface area contributed by atoms with Gasteiger partial charge in [0.15, 0.2) is 0 Å². The van der Waals surface area contributed by atoms with Gasteiger partial charge in [-0.3, -0.25) is 9.59 Å². The van der Waals surface area contributed by atoms with E-state index < -0.39 is 0 Å². The van der Waals surface area contributed by atoms with Gasteiger partial charge in [0.25, 0.3) is 0 Å². The zero-order valence-corrected chi connectivity index (χ0v) is 17.7. The molecule has 29 heavy (non-hydrogen) atoms. The van der Waals surface area contributed by atoms with Crippen LogP contribution in [0.15, 0.2) is 48.5 Å². The fourth-order valence-electron chi connectivity index (χ4n) is 3.72. The molecule has 3 rings (SSSR count). The summed E-state index contributed by atoms with van der Waals surface area (Å²) in [7, 11) is 0. The molecule has 5 nitrogen and oxygen atoms in total. The minimum atomic E-state index is -0.250. The summed E-state index contributed by atoms with van der Waals surface area (Å²) in [6, 6.07) is 15.9. The second kappa shape index (κ2) is 9.12. The predicted molar refractivity (Wildman–Crippen MR) is 118 cm³/mol.